The Hall–Kier alpha value is -3.23. The summed E-state index contributed by atoms with van der Waals surface area (Å²) < 4.78 is 21.2. The molecule has 8 nitrogen and oxygen atoms in total. The standard InChI is InChI=1S/C19H20FN5O3/c1-13-3-2-7-24(13)16-6-8-25-18(22-16)15(11-21-25)19(27)28-10-9-23-12-14(20)4-5-17(23)26/h4-6,8,11-13H,2-3,7,9-10H2,1H3. The van der Waals surface area contributed by atoms with Gasteiger partial charge in [0.05, 0.1) is 12.7 Å². The van der Waals surface area contributed by atoms with E-state index in [1.807, 2.05) is 6.07 Å². The Morgan fingerprint density at radius 1 is 1.36 bits per heavy atom. The van der Waals surface area contributed by atoms with E-state index in [1.165, 1.54) is 10.7 Å². The molecule has 0 N–H and O–H groups in total. The number of carbonyl (C=O) groups is 1. The van der Waals surface area contributed by atoms with Crippen LogP contribution in [0.1, 0.15) is 30.1 Å². The highest BCUT2D eigenvalue weighted by atomic mass is 19.1. The molecule has 1 unspecified atom stereocenters. The molecule has 3 aromatic rings. The van der Waals surface area contributed by atoms with Crippen molar-refractivity contribution in [3.63, 3.8) is 0 Å². The quantitative estimate of drug-likeness (QED) is 0.624. The fourth-order valence-electron chi connectivity index (χ4n) is 3.43. The Kier molecular flexibility index (Phi) is 4.81. The second kappa shape index (κ2) is 7.41. The van der Waals surface area contributed by atoms with Gasteiger partial charge in [-0.3, -0.25) is 4.79 Å². The monoisotopic (exact) mass is 385 g/mol. The molecule has 0 amide bonds. The largest absolute Gasteiger partial charge is 0.460 e. The smallest absolute Gasteiger partial charge is 0.343 e. The van der Waals surface area contributed by atoms with Crippen LogP contribution >= 0.6 is 0 Å². The zero-order valence-electron chi connectivity index (χ0n) is 15.4. The molecule has 1 fully saturated rings. The number of carbonyl (C=O) groups excluding carboxylic acids is 1. The number of hydrogen-bond acceptors (Lipinski definition) is 6. The van der Waals surface area contributed by atoms with Gasteiger partial charge in [0.25, 0.3) is 5.56 Å². The molecule has 0 aliphatic carbocycles. The molecule has 9 heteroatoms. The van der Waals surface area contributed by atoms with E-state index in [2.05, 4.69) is 21.9 Å². The highest BCUT2D eigenvalue weighted by molar-refractivity contribution is 5.95. The van der Waals surface area contributed by atoms with E-state index in [9.17, 15) is 14.0 Å². The van der Waals surface area contributed by atoms with Crippen molar-refractivity contribution in [1.29, 1.82) is 0 Å². The number of ether oxygens (including phenoxy) is 1. The number of hydrogen-bond donors (Lipinski definition) is 0. The summed E-state index contributed by atoms with van der Waals surface area (Å²) in [4.78, 5) is 30.9. The first-order valence-electron chi connectivity index (χ1n) is 9.17. The van der Waals surface area contributed by atoms with Crippen LogP contribution in [0.4, 0.5) is 10.2 Å². The van der Waals surface area contributed by atoms with E-state index in [4.69, 9.17) is 4.74 Å². The Bertz CT molecular complexity index is 1080. The van der Waals surface area contributed by atoms with Crippen molar-refractivity contribution in [2.45, 2.75) is 32.4 Å². The molecule has 0 aromatic carbocycles. The first-order valence-corrected chi connectivity index (χ1v) is 9.17. The molecule has 146 valence electrons. The van der Waals surface area contributed by atoms with Gasteiger partial charge >= 0.3 is 5.97 Å². The van der Waals surface area contributed by atoms with Gasteiger partial charge in [0.2, 0.25) is 0 Å². The summed E-state index contributed by atoms with van der Waals surface area (Å²) in [7, 11) is 0. The number of rotatable bonds is 5. The van der Waals surface area contributed by atoms with Gasteiger partial charge in [-0.2, -0.15) is 5.10 Å². The molecule has 0 radical (unpaired) electrons. The Morgan fingerprint density at radius 2 is 2.21 bits per heavy atom. The minimum absolute atomic E-state index is 0.0610. The Balaban J connectivity index is 1.49. The number of pyridine rings is 1. The van der Waals surface area contributed by atoms with E-state index in [0.717, 1.165) is 48.1 Å². The first-order chi connectivity index (χ1) is 13.5. The summed E-state index contributed by atoms with van der Waals surface area (Å²) in [6.07, 6.45) is 6.49. The Labute approximate surface area is 160 Å². The van der Waals surface area contributed by atoms with Gasteiger partial charge in [0.1, 0.15) is 23.8 Å². The van der Waals surface area contributed by atoms with Crippen LogP contribution in [-0.4, -0.2) is 44.3 Å². The van der Waals surface area contributed by atoms with Crippen LogP contribution in [0.25, 0.3) is 5.65 Å². The Morgan fingerprint density at radius 3 is 3.00 bits per heavy atom. The van der Waals surface area contributed by atoms with E-state index < -0.39 is 11.8 Å². The second-order valence-corrected chi connectivity index (χ2v) is 6.81. The fraction of sp³-hybridized carbons (Fsp3) is 0.368. The van der Waals surface area contributed by atoms with Gasteiger partial charge in [-0.05, 0) is 31.9 Å². The van der Waals surface area contributed by atoms with Crippen LogP contribution in [-0.2, 0) is 11.3 Å². The minimum atomic E-state index is -0.585. The highest BCUT2D eigenvalue weighted by Crippen LogP contribution is 2.24. The van der Waals surface area contributed by atoms with Crippen LogP contribution in [0.2, 0.25) is 0 Å². The maximum atomic E-state index is 13.2. The molecule has 0 saturated carbocycles. The fourth-order valence-corrected chi connectivity index (χ4v) is 3.43. The molecule has 0 bridgehead atoms. The number of anilines is 1. The molecule has 0 spiro atoms. The van der Waals surface area contributed by atoms with Crippen molar-refractivity contribution in [2.24, 2.45) is 0 Å². The van der Waals surface area contributed by atoms with Crippen LogP contribution in [0, 0.1) is 5.82 Å². The van der Waals surface area contributed by atoms with Crippen molar-refractivity contribution in [1.82, 2.24) is 19.2 Å². The van der Waals surface area contributed by atoms with E-state index in [0.29, 0.717) is 11.7 Å². The minimum Gasteiger partial charge on any atom is -0.460 e. The molecule has 1 aliphatic rings. The third-order valence-electron chi connectivity index (χ3n) is 4.93. The molecular formula is C19H20FN5O3. The number of esters is 1. The SMILES string of the molecule is CC1CCCN1c1ccn2ncc(C(=O)OCCn3cc(F)ccc3=O)c2n1. The maximum Gasteiger partial charge on any atom is 0.343 e. The third kappa shape index (κ3) is 3.47. The summed E-state index contributed by atoms with van der Waals surface area (Å²) in [6, 6.07) is 4.51. The summed E-state index contributed by atoms with van der Waals surface area (Å²) >= 11 is 0. The predicted molar refractivity (Wildman–Crippen MR) is 100.0 cm³/mol. The third-order valence-corrected chi connectivity index (χ3v) is 4.93. The average molecular weight is 385 g/mol. The van der Waals surface area contributed by atoms with Crippen LogP contribution in [0.3, 0.4) is 0 Å². The van der Waals surface area contributed by atoms with Gasteiger partial charge in [0.15, 0.2) is 5.65 Å². The molecular weight excluding hydrogens is 365 g/mol. The highest BCUT2D eigenvalue weighted by Gasteiger charge is 2.23. The zero-order chi connectivity index (χ0) is 19.7. The first kappa shape index (κ1) is 18.1. The molecule has 1 saturated heterocycles. The van der Waals surface area contributed by atoms with Gasteiger partial charge < -0.3 is 14.2 Å². The predicted octanol–water partition coefficient (Wildman–Crippen LogP) is 1.88. The topological polar surface area (TPSA) is 81.7 Å². The number of halogens is 1. The van der Waals surface area contributed by atoms with Gasteiger partial charge in [-0.25, -0.2) is 18.7 Å². The lowest BCUT2D eigenvalue weighted by molar-refractivity contribution is 0.0492. The van der Waals surface area contributed by atoms with Crippen molar-refractivity contribution in [3.05, 3.63) is 58.5 Å². The molecule has 4 heterocycles. The van der Waals surface area contributed by atoms with Crippen molar-refractivity contribution >= 4 is 17.4 Å². The van der Waals surface area contributed by atoms with Crippen LogP contribution in [0.5, 0.6) is 0 Å². The van der Waals surface area contributed by atoms with E-state index in [1.54, 1.807) is 6.20 Å². The molecule has 1 aliphatic heterocycles. The number of nitrogens with zero attached hydrogens (tertiary/aromatic N) is 5. The second-order valence-electron chi connectivity index (χ2n) is 6.81. The number of fused-ring (bicyclic) bond motifs is 1. The van der Waals surface area contributed by atoms with Crippen molar-refractivity contribution in [3.8, 4) is 0 Å². The number of aromatic nitrogens is 4. The van der Waals surface area contributed by atoms with Gasteiger partial charge in [0, 0.05) is 31.0 Å². The lowest BCUT2D eigenvalue weighted by atomic mass is 10.2. The maximum absolute atomic E-state index is 13.2. The summed E-state index contributed by atoms with van der Waals surface area (Å²) in [5, 5.41) is 4.15. The molecule has 4 rings (SSSR count). The van der Waals surface area contributed by atoms with Crippen LogP contribution in [0.15, 0.2) is 41.6 Å². The van der Waals surface area contributed by atoms with Crippen molar-refractivity contribution in [2.75, 3.05) is 18.1 Å². The summed E-state index contributed by atoms with van der Waals surface area (Å²) in [5.41, 5.74) is 0.310. The zero-order valence-corrected chi connectivity index (χ0v) is 15.4. The lowest BCUT2D eigenvalue weighted by Crippen LogP contribution is -2.27. The average Bonchev–Trinajstić information content (AvgIpc) is 3.30. The molecule has 28 heavy (non-hydrogen) atoms. The van der Waals surface area contributed by atoms with Gasteiger partial charge in [-0.1, -0.05) is 0 Å². The summed E-state index contributed by atoms with van der Waals surface area (Å²) in [5.74, 6) is -0.307. The normalized spacial score (nSPS) is 16.6. The van der Waals surface area contributed by atoms with Crippen molar-refractivity contribution < 1.29 is 13.9 Å². The van der Waals surface area contributed by atoms with E-state index in [-0.39, 0.29) is 24.3 Å². The van der Waals surface area contributed by atoms with Gasteiger partial charge in [-0.15, -0.1) is 0 Å². The van der Waals surface area contributed by atoms with Crippen LogP contribution < -0.4 is 10.5 Å². The molecule has 3 aromatic heterocycles. The van der Waals surface area contributed by atoms with E-state index >= 15 is 0 Å². The summed E-state index contributed by atoms with van der Waals surface area (Å²) in [6.45, 7) is 3.08. The molecule has 1 atom stereocenters. The lowest BCUT2D eigenvalue weighted by Gasteiger charge is -2.22.